The molecule has 6 heteroatoms. The number of hydrogen-bond acceptors (Lipinski definition) is 5. The number of amides is 1. The Balaban J connectivity index is 1.84. The quantitative estimate of drug-likeness (QED) is 0.890. The van der Waals surface area contributed by atoms with Crippen molar-refractivity contribution in [3.8, 4) is 0 Å². The first-order chi connectivity index (χ1) is 10.1. The minimum absolute atomic E-state index is 0.211. The summed E-state index contributed by atoms with van der Waals surface area (Å²) in [6.45, 7) is 6.21. The average Bonchev–Trinajstić information content (AvgIpc) is 2.94. The fourth-order valence-corrected chi connectivity index (χ4v) is 2.35. The van der Waals surface area contributed by atoms with E-state index in [4.69, 9.17) is 4.74 Å². The molecule has 5 nitrogen and oxygen atoms in total. The lowest BCUT2D eigenvalue weighted by molar-refractivity contribution is -0.127. The second kappa shape index (κ2) is 7.28. The molecule has 2 rings (SSSR count). The Bertz CT molecular complexity index is 584. The number of anilines is 1. The molecule has 1 aromatic heterocycles. The van der Waals surface area contributed by atoms with E-state index in [-0.39, 0.29) is 5.91 Å². The van der Waals surface area contributed by atoms with Gasteiger partial charge in [-0.25, -0.2) is 0 Å². The molecule has 1 atom stereocenters. The number of nitrogens with one attached hydrogen (secondary N) is 1. The number of nitrogens with zero attached hydrogens (tertiary/aromatic N) is 2. The van der Waals surface area contributed by atoms with Crippen LogP contribution in [0.25, 0.3) is 0 Å². The van der Waals surface area contributed by atoms with Gasteiger partial charge in [-0.3, -0.25) is 10.1 Å². The number of carbonyl (C=O) groups excluding carboxylic acids is 1. The molecule has 0 aliphatic heterocycles. The fraction of sp³-hybridized carbons (Fsp3) is 0.400. The first kappa shape index (κ1) is 15.6. The van der Waals surface area contributed by atoms with E-state index in [1.165, 1.54) is 11.3 Å². The SMILES string of the molecule is CC(C)c1nnc(NC(=O)[C@@H](C)OCc2ccccc2)s1. The highest BCUT2D eigenvalue weighted by Crippen LogP contribution is 2.22. The van der Waals surface area contributed by atoms with Crippen molar-refractivity contribution in [2.75, 3.05) is 5.32 Å². The Morgan fingerprint density at radius 2 is 1.95 bits per heavy atom. The van der Waals surface area contributed by atoms with E-state index in [0.29, 0.717) is 17.7 Å². The number of rotatable bonds is 6. The van der Waals surface area contributed by atoms with Gasteiger partial charge in [-0.1, -0.05) is 55.5 Å². The Labute approximate surface area is 128 Å². The maximum absolute atomic E-state index is 12.0. The zero-order valence-corrected chi connectivity index (χ0v) is 13.2. The highest BCUT2D eigenvalue weighted by molar-refractivity contribution is 7.15. The molecule has 0 fully saturated rings. The van der Waals surface area contributed by atoms with Gasteiger partial charge in [-0.15, -0.1) is 10.2 Å². The van der Waals surface area contributed by atoms with Crippen molar-refractivity contribution in [3.05, 3.63) is 40.9 Å². The number of aromatic nitrogens is 2. The number of carbonyl (C=O) groups is 1. The van der Waals surface area contributed by atoms with Gasteiger partial charge in [0, 0.05) is 5.92 Å². The number of hydrogen-bond donors (Lipinski definition) is 1. The summed E-state index contributed by atoms with van der Waals surface area (Å²) < 4.78 is 5.56. The molecule has 0 saturated carbocycles. The third-order valence-electron chi connectivity index (χ3n) is 2.88. The molecule has 112 valence electrons. The number of ether oxygens (including phenoxy) is 1. The molecule has 0 aliphatic carbocycles. The molecule has 1 N–H and O–H groups in total. The maximum atomic E-state index is 12.0. The highest BCUT2D eigenvalue weighted by Gasteiger charge is 2.16. The van der Waals surface area contributed by atoms with E-state index in [2.05, 4.69) is 15.5 Å². The van der Waals surface area contributed by atoms with Gasteiger partial charge in [-0.2, -0.15) is 0 Å². The molecule has 0 bridgehead atoms. The van der Waals surface area contributed by atoms with Gasteiger partial charge in [-0.05, 0) is 12.5 Å². The molecule has 0 unspecified atom stereocenters. The Morgan fingerprint density at radius 1 is 1.24 bits per heavy atom. The van der Waals surface area contributed by atoms with Gasteiger partial charge in [0.15, 0.2) is 0 Å². The lowest BCUT2D eigenvalue weighted by Crippen LogP contribution is -2.27. The second-order valence-corrected chi connectivity index (χ2v) is 6.04. The lowest BCUT2D eigenvalue weighted by atomic mass is 10.2. The normalized spacial score (nSPS) is 12.4. The van der Waals surface area contributed by atoms with E-state index in [0.717, 1.165) is 10.6 Å². The summed E-state index contributed by atoms with van der Waals surface area (Å²) in [6.07, 6.45) is -0.545. The molecule has 0 saturated heterocycles. The van der Waals surface area contributed by atoms with Crippen LogP contribution in [0.1, 0.15) is 37.3 Å². The predicted molar refractivity (Wildman–Crippen MR) is 83.3 cm³/mol. The summed E-state index contributed by atoms with van der Waals surface area (Å²) in [5.41, 5.74) is 1.04. The average molecular weight is 305 g/mol. The van der Waals surface area contributed by atoms with Crippen LogP contribution >= 0.6 is 11.3 Å². The topological polar surface area (TPSA) is 64.1 Å². The van der Waals surface area contributed by atoms with E-state index in [1.807, 2.05) is 44.2 Å². The summed E-state index contributed by atoms with van der Waals surface area (Å²) in [7, 11) is 0. The second-order valence-electron chi connectivity index (χ2n) is 5.03. The first-order valence-electron chi connectivity index (χ1n) is 6.86. The monoisotopic (exact) mass is 305 g/mol. The third-order valence-corrected chi connectivity index (χ3v) is 4.02. The first-order valence-corrected chi connectivity index (χ1v) is 7.67. The molecular formula is C15H19N3O2S. The lowest BCUT2D eigenvalue weighted by Gasteiger charge is -2.11. The van der Waals surface area contributed by atoms with Crippen LogP contribution in [0.5, 0.6) is 0 Å². The molecule has 21 heavy (non-hydrogen) atoms. The molecule has 0 radical (unpaired) electrons. The van der Waals surface area contributed by atoms with Crippen molar-refractivity contribution in [2.24, 2.45) is 0 Å². The van der Waals surface area contributed by atoms with Crippen LogP contribution in [0.3, 0.4) is 0 Å². The zero-order chi connectivity index (χ0) is 15.2. The minimum Gasteiger partial charge on any atom is -0.364 e. The van der Waals surface area contributed by atoms with E-state index in [1.54, 1.807) is 6.92 Å². The van der Waals surface area contributed by atoms with E-state index >= 15 is 0 Å². The van der Waals surface area contributed by atoms with Crippen molar-refractivity contribution in [1.29, 1.82) is 0 Å². The van der Waals surface area contributed by atoms with Gasteiger partial charge in [0.1, 0.15) is 11.1 Å². The third kappa shape index (κ3) is 4.61. The van der Waals surface area contributed by atoms with Crippen LogP contribution < -0.4 is 5.32 Å². The summed E-state index contributed by atoms with van der Waals surface area (Å²) in [4.78, 5) is 12.0. The van der Waals surface area contributed by atoms with Crippen molar-refractivity contribution in [3.63, 3.8) is 0 Å². The predicted octanol–water partition coefficient (Wildman–Crippen LogP) is 3.21. The van der Waals surface area contributed by atoms with Gasteiger partial charge >= 0.3 is 0 Å². The largest absolute Gasteiger partial charge is 0.364 e. The Hall–Kier alpha value is -1.79. The molecule has 1 aromatic carbocycles. The van der Waals surface area contributed by atoms with Gasteiger partial charge < -0.3 is 4.74 Å². The minimum atomic E-state index is -0.545. The van der Waals surface area contributed by atoms with E-state index < -0.39 is 6.10 Å². The van der Waals surface area contributed by atoms with Crippen LogP contribution in [0.4, 0.5) is 5.13 Å². The van der Waals surface area contributed by atoms with Gasteiger partial charge in [0.05, 0.1) is 6.61 Å². The summed E-state index contributed by atoms with van der Waals surface area (Å²) in [5, 5.41) is 12.1. The van der Waals surface area contributed by atoms with Crippen LogP contribution in [-0.4, -0.2) is 22.2 Å². The standard InChI is InChI=1S/C15H19N3O2S/c1-10(2)14-17-18-15(21-14)16-13(19)11(3)20-9-12-7-5-4-6-8-12/h4-8,10-11H,9H2,1-3H3,(H,16,18,19)/t11-/m1/s1. The van der Waals surface area contributed by atoms with Crippen LogP contribution in [0.2, 0.25) is 0 Å². The molecule has 1 amide bonds. The zero-order valence-electron chi connectivity index (χ0n) is 12.4. The molecule has 2 aromatic rings. The maximum Gasteiger partial charge on any atom is 0.255 e. The molecule has 1 heterocycles. The van der Waals surface area contributed by atoms with Gasteiger partial charge in [0.25, 0.3) is 5.91 Å². The Kier molecular flexibility index (Phi) is 5.41. The van der Waals surface area contributed by atoms with Crippen LogP contribution in [0, 0.1) is 0 Å². The molecular weight excluding hydrogens is 286 g/mol. The summed E-state index contributed by atoms with van der Waals surface area (Å²) in [5.74, 6) is 0.0947. The van der Waals surface area contributed by atoms with Crippen LogP contribution in [-0.2, 0) is 16.1 Å². The molecule has 0 spiro atoms. The van der Waals surface area contributed by atoms with Crippen molar-refractivity contribution < 1.29 is 9.53 Å². The summed E-state index contributed by atoms with van der Waals surface area (Å²) in [6, 6.07) is 9.76. The smallest absolute Gasteiger partial charge is 0.255 e. The highest BCUT2D eigenvalue weighted by atomic mass is 32.1. The van der Waals surface area contributed by atoms with Crippen molar-refractivity contribution >= 4 is 22.4 Å². The van der Waals surface area contributed by atoms with Crippen LogP contribution in [0.15, 0.2) is 30.3 Å². The van der Waals surface area contributed by atoms with Gasteiger partial charge in [0.2, 0.25) is 5.13 Å². The number of benzene rings is 1. The van der Waals surface area contributed by atoms with Crippen molar-refractivity contribution in [1.82, 2.24) is 10.2 Å². The fourth-order valence-electron chi connectivity index (χ4n) is 1.60. The van der Waals surface area contributed by atoms with E-state index in [9.17, 15) is 4.79 Å². The Morgan fingerprint density at radius 3 is 2.57 bits per heavy atom. The van der Waals surface area contributed by atoms with Crippen molar-refractivity contribution in [2.45, 2.75) is 39.4 Å². The summed E-state index contributed by atoms with van der Waals surface area (Å²) >= 11 is 1.39. The molecule has 0 aliphatic rings.